The van der Waals surface area contributed by atoms with Crippen molar-refractivity contribution in [2.24, 2.45) is 0 Å². The van der Waals surface area contributed by atoms with Crippen LogP contribution in [0.4, 0.5) is 0 Å². The van der Waals surface area contributed by atoms with Crippen LogP contribution in [0.2, 0.25) is 0 Å². The molecule has 0 bridgehead atoms. The molecule has 12 heavy (non-hydrogen) atoms. The van der Waals surface area contributed by atoms with Crippen molar-refractivity contribution in [1.29, 1.82) is 0 Å². The first-order valence-corrected chi connectivity index (χ1v) is 4.49. The van der Waals surface area contributed by atoms with E-state index >= 15 is 0 Å². The molecular weight excluding hydrogens is 168 g/mol. The molecule has 0 saturated carbocycles. The van der Waals surface area contributed by atoms with Gasteiger partial charge >= 0.3 is 0 Å². The van der Waals surface area contributed by atoms with Crippen LogP contribution in [0.25, 0.3) is 0 Å². The Bertz CT molecular complexity index is 243. The molecule has 0 N–H and O–H groups in total. The molecule has 1 aliphatic carbocycles. The fraction of sp³-hybridized carbons (Fsp3) is 0.500. The highest BCUT2D eigenvalue weighted by molar-refractivity contribution is 7.80. The minimum Gasteiger partial charge on any atom is -0.487 e. The third-order valence-electron chi connectivity index (χ3n) is 1.38. The second-order valence-corrected chi connectivity index (χ2v) is 4.29. The zero-order valence-electron chi connectivity index (χ0n) is 7.76. The van der Waals surface area contributed by atoms with Crippen LogP contribution in [0.1, 0.15) is 27.2 Å². The Kier molecular flexibility index (Phi) is 2.68. The highest BCUT2D eigenvalue weighted by Crippen LogP contribution is 2.18. The van der Waals surface area contributed by atoms with E-state index in [0.29, 0.717) is 0 Å². The van der Waals surface area contributed by atoms with Crippen molar-refractivity contribution in [2.75, 3.05) is 0 Å². The molecule has 0 spiro atoms. The molecule has 2 heteroatoms. The molecule has 0 unspecified atom stereocenters. The number of allylic oxidation sites excluding steroid dienone is 4. The average Bonchev–Trinajstić information content (AvgIpc) is 1.91. The standard InChI is InChI=1S/C10H14OS/c1-10(2,3)11-8-6-4-5-7-9(8)12/h4-6H,7H2,1-3H3. The third kappa shape index (κ3) is 2.78. The summed E-state index contributed by atoms with van der Waals surface area (Å²) in [5, 5.41) is 0. The monoisotopic (exact) mass is 182 g/mol. The van der Waals surface area contributed by atoms with Gasteiger partial charge in [0.05, 0.1) is 4.86 Å². The molecule has 1 nitrogen and oxygen atoms in total. The quantitative estimate of drug-likeness (QED) is 0.576. The lowest BCUT2D eigenvalue weighted by Crippen LogP contribution is -2.22. The van der Waals surface area contributed by atoms with E-state index < -0.39 is 0 Å². The van der Waals surface area contributed by atoms with Crippen LogP contribution in [0.15, 0.2) is 24.0 Å². The summed E-state index contributed by atoms with van der Waals surface area (Å²) in [6, 6.07) is 0. The lowest BCUT2D eigenvalue weighted by atomic mass is 10.1. The molecule has 0 aromatic rings. The van der Waals surface area contributed by atoms with Crippen LogP contribution < -0.4 is 0 Å². The summed E-state index contributed by atoms with van der Waals surface area (Å²) in [5.74, 6) is 0.847. The molecule has 0 aromatic heterocycles. The van der Waals surface area contributed by atoms with Crippen molar-refractivity contribution >= 4 is 17.1 Å². The summed E-state index contributed by atoms with van der Waals surface area (Å²) in [7, 11) is 0. The molecular formula is C10H14OS. The zero-order chi connectivity index (χ0) is 9.19. The van der Waals surface area contributed by atoms with Gasteiger partial charge < -0.3 is 4.74 Å². The number of rotatable bonds is 1. The first kappa shape index (κ1) is 9.46. The molecule has 0 radical (unpaired) electrons. The Morgan fingerprint density at radius 1 is 1.42 bits per heavy atom. The molecule has 1 rings (SSSR count). The molecule has 1 aliphatic rings. The molecule has 0 atom stereocenters. The number of hydrogen-bond acceptors (Lipinski definition) is 2. The van der Waals surface area contributed by atoms with Crippen LogP contribution in [-0.2, 0) is 4.74 Å². The summed E-state index contributed by atoms with van der Waals surface area (Å²) >= 11 is 5.15. The van der Waals surface area contributed by atoms with Crippen LogP contribution in [-0.4, -0.2) is 10.5 Å². The Morgan fingerprint density at radius 2 is 2.08 bits per heavy atom. The normalized spacial score (nSPS) is 17.6. The molecule has 0 amide bonds. The van der Waals surface area contributed by atoms with E-state index in [2.05, 4.69) is 0 Å². The summed E-state index contributed by atoms with van der Waals surface area (Å²) in [5.41, 5.74) is -0.152. The van der Waals surface area contributed by atoms with Gasteiger partial charge in [-0.2, -0.15) is 0 Å². The van der Waals surface area contributed by atoms with E-state index in [1.165, 1.54) is 0 Å². The fourth-order valence-electron chi connectivity index (χ4n) is 0.945. The number of ether oxygens (including phenoxy) is 1. The van der Waals surface area contributed by atoms with Gasteiger partial charge in [0.1, 0.15) is 11.4 Å². The Morgan fingerprint density at radius 3 is 2.58 bits per heavy atom. The highest BCUT2D eigenvalue weighted by atomic mass is 32.1. The van der Waals surface area contributed by atoms with Crippen LogP contribution in [0, 0.1) is 0 Å². The van der Waals surface area contributed by atoms with Crippen LogP contribution in [0.3, 0.4) is 0 Å². The molecule has 66 valence electrons. The number of thiocarbonyl (C=S) groups is 1. The first-order chi connectivity index (χ1) is 5.49. The summed E-state index contributed by atoms with van der Waals surface area (Å²) < 4.78 is 5.66. The second-order valence-electron chi connectivity index (χ2n) is 3.80. The van der Waals surface area contributed by atoms with Crippen molar-refractivity contribution in [1.82, 2.24) is 0 Å². The van der Waals surface area contributed by atoms with Gasteiger partial charge in [0, 0.05) is 6.42 Å². The fourth-order valence-corrected chi connectivity index (χ4v) is 1.15. The minimum atomic E-state index is -0.152. The maximum Gasteiger partial charge on any atom is 0.134 e. The zero-order valence-corrected chi connectivity index (χ0v) is 8.57. The van der Waals surface area contributed by atoms with Crippen molar-refractivity contribution in [3.8, 4) is 0 Å². The van der Waals surface area contributed by atoms with E-state index in [1.54, 1.807) is 0 Å². The Balaban J connectivity index is 2.68. The van der Waals surface area contributed by atoms with Crippen molar-refractivity contribution in [2.45, 2.75) is 32.8 Å². The summed E-state index contributed by atoms with van der Waals surface area (Å²) in [6.45, 7) is 6.07. The van der Waals surface area contributed by atoms with Crippen molar-refractivity contribution in [3.63, 3.8) is 0 Å². The van der Waals surface area contributed by atoms with Crippen molar-refractivity contribution < 1.29 is 4.74 Å². The summed E-state index contributed by atoms with van der Waals surface area (Å²) in [6.07, 6.45) is 6.78. The van der Waals surface area contributed by atoms with E-state index in [1.807, 2.05) is 39.0 Å². The highest BCUT2D eigenvalue weighted by Gasteiger charge is 2.16. The van der Waals surface area contributed by atoms with E-state index in [0.717, 1.165) is 17.0 Å². The van der Waals surface area contributed by atoms with Gasteiger partial charge in [0.25, 0.3) is 0 Å². The molecule has 0 fully saturated rings. The van der Waals surface area contributed by atoms with E-state index in [4.69, 9.17) is 17.0 Å². The molecule has 0 heterocycles. The maximum atomic E-state index is 5.66. The van der Waals surface area contributed by atoms with Gasteiger partial charge in [-0.25, -0.2) is 0 Å². The van der Waals surface area contributed by atoms with Gasteiger partial charge in [-0.3, -0.25) is 0 Å². The SMILES string of the molecule is CC(C)(C)OC1=CC=CCC1=S. The van der Waals surface area contributed by atoms with Gasteiger partial charge in [-0.15, -0.1) is 0 Å². The predicted octanol–water partition coefficient (Wildman–Crippen LogP) is 3.02. The van der Waals surface area contributed by atoms with Gasteiger partial charge in [0.15, 0.2) is 0 Å². The van der Waals surface area contributed by atoms with Crippen molar-refractivity contribution in [3.05, 3.63) is 24.0 Å². The molecule has 0 saturated heterocycles. The second kappa shape index (κ2) is 3.40. The maximum absolute atomic E-state index is 5.66. The van der Waals surface area contributed by atoms with E-state index in [9.17, 15) is 0 Å². The average molecular weight is 182 g/mol. The molecule has 0 aliphatic heterocycles. The Labute approximate surface area is 79.1 Å². The van der Waals surface area contributed by atoms with Crippen LogP contribution >= 0.6 is 12.2 Å². The molecule has 0 aromatic carbocycles. The number of hydrogen-bond donors (Lipinski definition) is 0. The third-order valence-corrected chi connectivity index (χ3v) is 1.75. The largest absolute Gasteiger partial charge is 0.487 e. The van der Waals surface area contributed by atoms with Gasteiger partial charge in [0.2, 0.25) is 0 Å². The van der Waals surface area contributed by atoms with E-state index in [-0.39, 0.29) is 5.60 Å². The topological polar surface area (TPSA) is 9.23 Å². The lowest BCUT2D eigenvalue weighted by molar-refractivity contribution is 0.0644. The lowest BCUT2D eigenvalue weighted by Gasteiger charge is -2.24. The predicted molar refractivity (Wildman–Crippen MR) is 55.3 cm³/mol. The summed E-state index contributed by atoms with van der Waals surface area (Å²) in [4.78, 5) is 0.896. The smallest absolute Gasteiger partial charge is 0.134 e. The Hall–Kier alpha value is -0.630. The first-order valence-electron chi connectivity index (χ1n) is 4.08. The minimum absolute atomic E-state index is 0.152. The van der Waals surface area contributed by atoms with Gasteiger partial charge in [-0.05, 0) is 26.8 Å². The van der Waals surface area contributed by atoms with Gasteiger partial charge in [-0.1, -0.05) is 24.4 Å². The van der Waals surface area contributed by atoms with Crippen LogP contribution in [0.5, 0.6) is 0 Å².